The molecule has 0 spiro atoms. The maximum Gasteiger partial charge on any atom is 0.0594 e. The largest absolute Gasteiger partial charge is 0.379 e. The minimum atomic E-state index is 0.773. The van der Waals surface area contributed by atoms with Crippen LogP contribution in [-0.4, -0.2) is 37.7 Å². The quantitative estimate of drug-likeness (QED) is 0.641. The lowest BCUT2D eigenvalue weighted by atomic mass is 10.1. The Kier molecular flexibility index (Phi) is 5.20. The minimum Gasteiger partial charge on any atom is -0.379 e. The van der Waals surface area contributed by atoms with Gasteiger partial charge >= 0.3 is 0 Å². The van der Waals surface area contributed by atoms with E-state index < -0.39 is 0 Å². The van der Waals surface area contributed by atoms with E-state index in [0.717, 1.165) is 38.8 Å². The highest BCUT2D eigenvalue weighted by atomic mass is 16.5. The van der Waals surface area contributed by atoms with Crippen LogP contribution < -0.4 is 0 Å². The Bertz CT molecular complexity index is 181. The fourth-order valence-electron chi connectivity index (χ4n) is 1.61. The monoisotopic (exact) mass is 197 g/mol. The van der Waals surface area contributed by atoms with E-state index in [-0.39, 0.29) is 0 Å². The summed E-state index contributed by atoms with van der Waals surface area (Å²) in [5, 5.41) is 0. The molecule has 0 unspecified atom stereocenters. The van der Waals surface area contributed by atoms with Crippen molar-refractivity contribution in [2.75, 3.05) is 32.8 Å². The second-order valence-corrected chi connectivity index (χ2v) is 4.57. The maximum absolute atomic E-state index is 5.32. The third-order valence-corrected chi connectivity index (χ3v) is 2.51. The zero-order valence-electron chi connectivity index (χ0n) is 9.75. The second-order valence-electron chi connectivity index (χ2n) is 4.57. The van der Waals surface area contributed by atoms with E-state index in [2.05, 4.69) is 31.7 Å². The van der Waals surface area contributed by atoms with Crippen LogP contribution in [0.15, 0.2) is 11.6 Å². The van der Waals surface area contributed by atoms with Gasteiger partial charge in [-0.2, -0.15) is 0 Å². The molecule has 1 aliphatic rings. The van der Waals surface area contributed by atoms with E-state index in [9.17, 15) is 0 Å². The third kappa shape index (κ3) is 4.77. The lowest BCUT2D eigenvalue weighted by molar-refractivity contribution is 0.0422. The van der Waals surface area contributed by atoms with Crippen LogP contribution in [0.5, 0.6) is 0 Å². The number of ether oxygens (including phenoxy) is 1. The summed E-state index contributed by atoms with van der Waals surface area (Å²) in [7, 11) is 0. The van der Waals surface area contributed by atoms with E-state index in [1.54, 1.807) is 0 Å². The summed E-state index contributed by atoms with van der Waals surface area (Å²) in [5.41, 5.74) is 1.50. The highest BCUT2D eigenvalue weighted by Crippen LogP contribution is 2.07. The average molecular weight is 197 g/mol. The highest BCUT2D eigenvalue weighted by Gasteiger charge is 2.09. The van der Waals surface area contributed by atoms with Gasteiger partial charge in [-0.1, -0.05) is 25.5 Å². The van der Waals surface area contributed by atoms with Crippen LogP contribution in [0.2, 0.25) is 0 Å². The zero-order valence-corrected chi connectivity index (χ0v) is 9.75. The normalized spacial score (nSPS) is 20.4. The molecule has 82 valence electrons. The molecule has 0 bridgehead atoms. The van der Waals surface area contributed by atoms with Crippen LogP contribution in [0.1, 0.15) is 27.2 Å². The molecule has 0 atom stereocenters. The first-order valence-corrected chi connectivity index (χ1v) is 5.64. The van der Waals surface area contributed by atoms with Gasteiger partial charge in [0, 0.05) is 19.6 Å². The molecule has 0 saturated carbocycles. The van der Waals surface area contributed by atoms with Gasteiger partial charge in [0.05, 0.1) is 13.2 Å². The number of morpholine rings is 1. The molecule has 0 aromatic rings. The molecule has 0 amide bonds. The lowest BCUT2D eigenvalue weighted by Gasteiger charge is -2.26. The van der Waals surface area contributed by atoms with Crippen molar-refractivity contribution >= 4 is 0 Å². The Balaban J connectivity index is 2.24. The van der Waals surface area contributed by atoms with Gasteiger partial charge in [-0.25, -0.2) is 0 Å². The molecule has 14 heavy (non-hydrogen) atoms. The van der Waals surface area contributed by atoms with Crippen LogP contribution >= 0.6 is 0 Å². The minimum absolute atomic E-state index is 0.773. The summed E-state index contributed by atoms with van der Waals surface area (Å²) in [4.78, 5) is 2.47. The number of allylic oxidation sites excluding steroid dienone is 1. The van der Waals surface area contributed by atoms with Crippen LogP contribution in [0.3, 0.4) is 0 Å². The fourth-order valence-corrected chi connectivity index (χ4v) is 1.61. The van der Waals surface area contributed by atoms with Crippen molar-refractivity contribution in [2.24, 2.45) is 5.92 Å². The van der Waals surface area contributed by atoms with Gasteiger partial charge in [0.1, 0.15) is 0 Å². The van der Waals surface area contributed by atoms with E-state index in [1.165, 1.54) is 12.0 Å². The van der Waals surface area contributed by atoms with Crippen molar-refractivity contribution in [3.05, 3.63) is 11.6 Å². The van der Waals surface area contributed by atoms with Gasteiger partial charge < -0.3 is 4.74 Å². The van der Waals surface area contributed by atoms with E-state index in [0.29, 0.717) is 0 Å². The van der Waals surface area contributed by atoms with Gasteiger partial charge in [-0.15, -0.1) is 0 Å². The third-order valence-electron chi connectivity index (χ3n) is 2.51. The Morgan fingerprint density at radius 2 is 2.00 bits per heavy atom. The Morgan fingerprint density at radius 1 is 1.36 bits per heavy atom. The van der Waals surface area contributed by atoms with Crippen molar-refractivity contribution in [3.63, 3.8) is 0 Å². The van der Waals surface area contributed by atoms with Gasteiger partial charge in [0.2, 0.25) is 0 Å². The number of rotatable bonds is 4. The van der Waals surface area contributed by atoms with Gasteiger partial charge in [0.15, 0.2) is 0 Å². The Labute approximate surface area is 87.9 Å². The van der Waals surface area contributed by atoms with Crippen LogP contribution in [0.4, 0.5) is 0 Å². The fraction of sp³-hybridized carbons (Fsp3) is 0.833. The molecule has 0 aliphatic carbocycles. The van der Waals surface area contributed by atoms with E-state index in [1.807, 2.05) is 0 Å². The summed E-state index contributed by atoms with van der Waals surface area (Å²) in [6.45, 7) is 11.9. The molecule has 0 aromatic carbocycles. The molecule has 1 heterocycles. The van der Waals surface area contributed by atoms with Crippen molar-refractivity contribution in [1.29, 1.82) is 0 Å². The van der Waals surface area contributed by atoms with Gasteiger partial charge in [0.25, 0.3) is 0 Å². The molecule has 1 saturated heterocycles. The number of hydrogen-bond acceptors (Lipinski definition) is 2. The summed E-state index contributed by atoms with van der Waals surface area (Å²) < 4.78 is 5.32. The summed E-state index contributed by atoms with van der Waals surface area (Å²) in [6, 6.07) is 0. The molecule has 0 N–H and O–H groups in total. The smallest absolute Gasteiger partial charge is 0.0594 e. The first-order chi connectivity index (χ1) is 6.68. The molecule has 2 nitrogen and oxygen atoms in total. The SMILES string of the molecule is CC(=CCC(C)C)CN1CCOCC1. The zero-order chi connectivity index (χ0) is 10.4. The average Bonchev–Trinajstić information content (AvgIpc) is 2.16. The van der Waals surface area contributed by atoms with Gasteiger partial charge in [-0.3, -0.25) is 4.90 Å². The molecular weight excluding hydrogens is 174 g/mol. The van der Waals surface area contributed by atoms with Crippen LogP contribution in [-0.2, 0) is 4.74 Å². The summed E-state index contributed by atoms with van der Waals surface area (Å²) in [5.74, 6) is 0.773. The molecule has 1 rings (SSSR count). The standard InChI is InChI=1S/C12H23NO/c1-11(2)4-5-12(3)10-13-6-8-14-9-7-13/h5,11H,4,6-10H2,1-3H3. The predicted octanol–water partition coefficient (Wildman–Crippen LogP) is 2.31. The van der Waals surface area contributed by atoms with Crippen LogP contribution in [0.25, 0.3) is 0 Å². The molecule has 1 fully saturated rings. The molecule has 0 aromatic heterocycles. The summed E-state index contributed by atoms with van der Waals surface area (Å²) in [6.07, 6.45) is 3.58. The van der Waals surface area contributed by atoms with Gasteiger partial charge in [-0.05, 0) is 19.3 Å². The Hall–Kier alpha value is -0.340. The second kappa shape index (κ2) is 6.20. The Morgan fingerprint density at radius 3 is 2.57 bits per heavy atom. The number of nitrogens with zero attached hydrogens (tertiary/aromatic N) is 1. The highest BCUT2D eigenvalue weighted by molar-refractivity contribution is 5.01. The van der Waals surface area contributed by atoms with Crippen molar-refractivity contribution in [2.45, 2.75) is 27.2 Å². The first-order valence-electron chi connectivity index (χ1n) is 5.64. The molecular formula is C12H23NO. The van der Waals surface area contributed by atoms with Crippen molar-refractivity contribution < 1.29 is 4.74 Å². The predicted molar refractivity (Wildman–Crippen MR) is 60.5 cm³/mol. The molecule has 1 aliphatic heterocycles. The topological polar surface area (TPSA) is 12.5 Å². The first kappa shape index (κ1) is 11.7. The van der Waals surface area contributed by atoms with Crippen molar-refractivity contribution in [1.82, 2.24) is 4.90 Å². The molecule has 0 radical (unpaired) electrons. The van der Waals surface area contributed by atoms with E-state index >= 15 is 0 Å². The number of hydrogen-bond donors (Lipinski definition) is 0. The van der Waals surface area contributed by atoms with Crippen molar-refractivity contribution in [3.8, 4) is 0 Å². The molecule has 2 heteroatoms. The maximum atomic E-state index is 5.32. The van der Waals surface area contributed by atoms with Crippen LogP contribution in [0, 0.1) is 5.92 Å². The lowest BCUT2D eigenvalue weighted by Crippen LogP contribution is -2.37. The van der Waals surface area contributed by atoms with E-state index in [4.69, 9.17) is 4.74 Å². The summed E-state index contributed by atoms with van der Waals surface area (Å²) >= 11 is 0.